The van der Waals surface area contributed by atoms with Crippen LogP contribution in [0.3, 0.4) is 0 Å². The molecule has 55 heavy (non-hydrogen) atoms. The van der Waals surface area contributed by atoms with E-state index in [9.17, 15) is 10.5 Å². The van der Waals surface area contributed by atoms with Gasteiger partial charge in [-0.25, -0.2) is 0 Å². The molecule has 0 radical (unpaired) electrons. The summed E-state index contributed by atoms with van der Waals surface area (Å²) in [6.07, 6.45) is 19.3. The van der Waals surface area contributed by atoms with Crippen LogP contribution >= 0.6 is 0 Å². The van der Waals surface area contributed by atoms with Crippen LogP contribution in [0.4, 0.5) is 0 Å². The maximum atomic E-state index is 10.1. The summed E-state index contributed by atoms with van der Waals surface area (Å²) in [4.78, 5) is 0. The van der Waals surface area contributed by atoms with Crippen LogP contribution in [0.1, 0.15) is 66.6 Å². The molecular formula is C51H38N4. The van der Waals surface area contributed by atoms with Crippen LogP contribution in [0.25, 0.3) is 67.5 Å². The van der Waals surface area contributed by atoms with Gasteiger partial charge in [-0.3, -0.25) is 0 Å². The van der Waals surface area contributed by atoms with Gasteiger partial charge in [0, 0.05) is 16.5 Å². The average Bonchev–Trinajstić information content (AvgIpc) is 3.76. The molecule has 3 aliphatic rings. The predicted molar refractivity (Wildman–Crippen MR) is 225 cm³/mol. The summed E-state index contributed by atoms with van der Waals surface area (Å²) in [5.41, 5.74) is 15.7. The van der Waals surface area contributed by atoms with Crippen molar-refractivity contribution < 1.29 is 0 Å². The molecule has 0 saturated heterocycles. The minimum Gasteiger partial charge on any atom is -0.333 e. The van der Waals surface area contributed by atoms with Crippen molar-refractivity contribution in [1.29, 1.82) is 10.5 Å². The Bertz CT molecular complexity index is 3050. The molecule has 3 aliphatic carbocycles. The van der Waals surface area contributed by atoms with E-state index in [1.165, 1.54) is 49.7 Å². The first-order valence-corrected chi connectivity index (χ1v) is 19.3. The highest BCUT2D eigenvalue weighted by Crippen LogP contribution is 2.41. The van der Waals surface area contributed by atoms with Gasteiger partial charge in [0.1, 0.15) is 6.07 Å². The van der Waals surface area contributed by atoms with E-state index in [2.05, 4.69) is 131 Å². The molecule has 0 saturated carbocycles. The zero-order chi connectivity index (χ0) is 37.0. The van der Waals surface area contributed by atoms with Crippen molar-refractivity contribution in [3.05, 3.63) is 178 Å². The summed E-state index contributed by atoms with van der Waals surface area (Å²) in [5, 5.41) is 24.8. The maximum Gasteiger partial charge on any atom is 0.101 e. The number of allylic oxidation sites excluding steroid dienone is 5. The standard InChI is InChI=1S/C51H38N4/c1-33-12-10-14-37(28-33)54-48-23-9-7-19-42(48)44-21-11-20-43(51(44)54)41-18-6-5-17-40(41)39-16-4-3-15-38(39)35-25-27-50-46(30-35)45-29-34(31-52)24-26-49(45)55(50)47-22-8-2-13-36(47)32-53/h2-6,8-10,12-18,21-27,29-30,37H,7,11,19-20,28H2,1H3. The molecule has 0 bridgehead atoms. The molecule has 5 aromatic carbocycles. The van der Waals surface area contributed by atoms with Crippen LogP contribution in [-0.2, 0) is 6.42 Å². The smallest absolute Gasteiger partial charge is 0.101 e. The highest BCUT2D eigenvalue weighted by Gasteiger charge is 2.26. The van der Waals surface area contributed by atoms with Crippen LogP contribution in [0.15, 0.2) is 139 Å². The Morgan fingerprint density at radius 2 is 1.44 bits per heavy atom. The fourth-order valence-corrected chi connectivity index (χ4v) is 9.38. The summed E-state index contributed by atoms with van der Waals surface area (Å²) >= 11 is 0. The van der Waals surface area contributed by atoms with E-state index in [0.717, 1.165) is 70.7 Å². The highest BCUT2D eigenvalue weighted by molar-refractivity contribution is 6.11. The van der Waals surface area contributed by atoms with Crippen LogP contribution in [0.5, 0.6) is 0 Å². The SMILES string of the molecule is CC1=CC=CC(n2c3c(c4c2=C(c2ccccc2-c2ccccc2-c2ccc5c(c2)c2cc(C#N)ccc2n5-c2ccccc2C#N)CCC=4)CCC=C3)C1. The van der Waals surface area contributed by atoms with Gasteiger partial charge in [-0.15, -0.1) is 0 Å². The average molecular weight is 707 g/mol. The monoisotopic (exact) mass is 706 g/mol. The van der Waals surface area contributed by atoms with Gasteiger partial charge in [0.05, 0.1) is 45.3 Å². The largest absolute Gasteiger partial charge is 0.333 e. The number of benzene rings is 5. The third-order valence-corrected chi connectivity index (χ3v) is 11.8. The summed E-state index contributed by atoms with van der Waals surface area (Å²) in [6.45, 7) is 2.25. The van der Waals surface area contributed by atoms with Gasteiger partial charge < -0.3 is 9.13 Å². The molecule has 4 heteroatoms. The van der Waals surface area contributed by atoms with Crippen LogP contribution < -0.4 is 10.6 Å². The van der Waals surface area contributed by atoms with Crippen molar-refractivity contribution in [2.24, 2.45) is 0 Å². The third-order valence-electron chi connectivity index (χ3n) is 11.8. The van der Waals surface area contributed by atoms with E-state index in [1.54, 1.807) is 0 Å². The van der Waals surface area contributed by atoms with E-state index >= 15 is 0 Å². The molecule has 0 aliphatic heterocycles. The van der Waals surface area contributed by atoms with E-state index in [4.69, 9.17) is 0 Å². The lowest BCUT2D eigenvalue weighted by Gasteiger charge is -2.24. The topological polar surface area (TPSA) is 57.4 Å². The quantitative estimate of drug-likeness (QED) is 0.179. The lowest BCUT2D eigenvalue weighted by atomic mass is 9.86. The second kappa shape index (κ2) is 13.2. The Morgan fingerprint density at radius 1 is 0.709 bits per heavy atom. The number of hydrogen-bond acceptors (Lipinski definition) is 2. The molecule has 262 valence electrons. The predicted octanol–water partition coefficient (Wildman–Crippen LogP) is 10.8. The third kappa shape index (κ3) is 5.25. The number of nitriles is 2. The minimum atomic E-state index is 0.279. The van der Waals surface area contributed by atoms with Crippen molar-refractivity contribution in [1.82, 2.24) is 9.13 Å². The molecule has 2 heterocycles. The van der Waals surface area contributed by atoms with Crippen molar-refractivity contribution in [2.45, 2.75) is 45.1 Å². The summed E-state index contributed by atoms with van der Waals surface area (Å²) in [5.74, 6) is 0. The van der Waals surface area contributed by atoms with Crippen molar-refractivity contribution >= 4 is 39.5 Å². The molecule has 7 aromatic rings. The number of hydrogen-bond donors (Lipinski definition) is 0. The second-order valence-electron chi connectivity index (χ2n) is 15.0. The molecular weight excluding hydrogens is 669 g/mol. The normalized spacial score (nSPS) is 15.9. The second-order valence-corrected chi connectivity index (χ2v) is 15.0. The van der Waals surface area contributed by atoms with Crippen LogP contribution in [-0.4, -0.2) is 9.13 Å². The lowest BCUT2D eigenvalue weighted by molar-refractivity contribution is 0.573. The maximum absolute atomic E-state index is 10.1. The first-order chi connectivity index (χ1) is 27.1. The molecule has 10 rings (SSSR count). The number of para-hydroxylation sites is 1. The van der Waals surface area contributed by atoms with Crippen molar-refractivity contribution in [3.63, 3.8) is 0 Å². The molecule has 1 unspecified atom stereocenters. The van der Waals surface area contributed by atoms with Gasteiger partial charge in [-0.1, -0.05) is 103 Å². The fourth-order valence-electron chi connectivity index (χ4n) is 9.38. The minimum absolute atomic E-state index is 0.279. The zero-order valence-corrected chi connectivity index (χ0v) is 30.8. The number of fused-ring (bicyclic) bond motifs is 6. The Labute approximate surface area is 320 Å². The molecule has 2 aromatic heterocycles. The van der Waals surface area contributed by atoms with E-state index in [-0.39, 0.29) is 6.04 Å². The summed E-state index contributed by atoms with van der Waals surface area (Å²) < 4.78 is 4.82. The Hall–Kier alpha value is -6.88. The number of aromatic nitrogens is 2. The van der Waals surface area contributed by atoms with E-state index in [0.29, 0.717) is 11.1 Å². The van der Waals surface area contributed by atoms with Gasteiger partial charge >= 0.3 is 0 Å². The molecule has 1 atom stereocenters. The van der Waals surface area contributed by atoms with Gasteiger partial charge in [-0.05, 0) is 132 Å². The summed E-state index contributed by atoms with van der Waals surface area (Å²) in [7, 11) is 0. The summed E-state index contributed by atoms with van der Waals surface area (Å²) in [6, 6.07) is 43.0. The van der Waals surface area contributed by atoms with Crippen LogP contribution in [0, 0.1) is 22.7 Å². The van der Waals surface area contributed by atoms with E-state index < -0.39 is 0 Å². The Morgan fingerprint density at radius 3 is 2.24 bits per heavy atom. The van der Waals surface area contributed by atoms with Crippen LogP contribution in [0.2, 0.25) is 0 Å². The van der Waals surface area contributed by atoms with Crippen molar-refractivity contribution in [3.8, 4) is 40.1 Å². The van der Waals surface area contributed by atoms with E-state index in [1.807, 2.05) is 42.5 Å². The molecule has 4 nitrogen and oxygen atoms in total. The fraction of sp³-hybridized carbons (Fsp3) is 0.137. The molecule has 0 amide bonds. The lowest BCUT2D eigenvalue weighted by Crippen LogP contribution is -2.37. The highest BCUT2D eigenvalue weighted by atomic mass is 15.0. The van der Waals surface area contributed by atoms with Gasteiger partial charge in [0.15, 0.2) is 0 Å². The van der Waals surface area contributed by atoms with Gasteiger partial charge in [0.25, 0.3) is 0 Å². The van der Waals surface area contributed by atoms with Gasteiger partial charge in [0.2, 0.25) is 0 Å². The molecule has 0 N–H and O–H groups in total. The van der Waals surface area contributed by atoms with Gasteiger partial charge in [-0.2, -0.15) is 10.5 Å². The first kappa shape index (κ1) is 32.7. The molecule has 0 fully saturated rings. The number of rotatable bonds is 5. The van der Waals surface area contributed by atoms with Crippen molar-refractivity contribution in [2.75, 3.05) is 0 Å². The molecule has 0 spiro atoms. The first-order valence-electron chi connectivity index (χ1n) is 19.3. The Kier molecular flexibility index (Phi) is 7.86. The number of nitrogens with zero attached hydrogens (tertiary/aromatic N) is 4. The Balaban J connectivity index is 1.20. The zero-order valence-electron chi connectivity index (χ0n) is 30.8.